The number of nitrogens with one attached hydrogen (secondary N) is 1. The van der Waals surface area contributed by atoms with Crippen molar-refractivity contribution in [2.75, 3.05) is 17.9 Å². The molecule has 32 heavy (non-hydrogen) atoms. The molecule has 1 aromatic carbocycles. The summed E-state index contributed by atoms with van der Waals surface area (Å²) in [5, 5.41) is 2.21. The monoisotopic (exact) mass is 466 g/mol. The Morgan fingerprint density at radius 1 is 1.19 bits per heavy atom. The van der Waals surface area contributed by atoms with Gasteiger partial charge in [0.05, 0.1) is 23.4 Å². The Morgan fingerprint density at radius 2 is 2.06 bits per heavy atom. The quantitative estimate of drug-likeness (QED) is 0.469. The molecule has 0 amide bonds. The van der Waals surface area contributed by atoms with Crippen molar-refractivity contribution in [3.8, 4) is 0 Å². The first kappa shape index (κ1) is 20.8. The van der Waals surface area contributed by atoms with Gasteiger partial charge in [0, 0.05) is 42.8 Å². The minimum Gasteiger partial charge on any atom is -0.351 e. The van der Waals surface area contributed by atoms with Crippen LogP contribution in [-0.4, -0.2) is 51.8 Å². The van der Waals surface area contributed by atoms with Crippen LogP contribution in [0.2, 0.25) is 0 Å². The van der Waals surface area contributed by atoms with Gasteiger partial charge in [0.2, 0.25) is 0 Å². The summed E-state index contributed by atoms with van der Waals surface area (Å²) in [7, 11) is -2.23. The molecule has 0 spiro atoms. The van der Waals surface area contributed by atoms with Gasteiger partial charge in [-0.25, -0.2) is 9.97 Å². The fourth-order valence-corrected chi connectivity index (χ4v) is 5.99. The number of anilines is 1. The summed E-state index contributed by atoms with van der Waals surface area (Å²) < 4.78 is 29.6. The zero-order chi connectivity index (χ0) is 22.3. The molecule has 1 aliphatic heterocycles. The van der Waals surface area contributed by atoms with Crippen LogP contribution < -0.4 is 4.31 Å². The largest absolute Gasteiger partial charge is 0.351 e. The lowest BCUT2D eigenvalue weighted by Crippen LogP contribution is -2.27. The van der Waals surface area contributed by atoms with Crippen molar-refractivity contribution in [1.82, 2.24) is 19.5 Å². The summed E-state index contributed by atoms with van der Waals surface area (Å²) in [6.45, 7) is 3.57. The first-order valence-corrected chi connectivity index (χ1v) is 12.5. The van der Waals surface area contributed by atoms with Crippen LogP contribution in [0.4, 0.5) is 5.69 Å². The number of benzene rings is 1. The van der Waals surface area contributed by atoms with Crippen molar-refractivity contribution in [3.05, 3.63) is 72.6 Å². The number of hydrogen-bond donors (Lipinski definition) is 1. The minimum absolute atomic E-state index is 0.0136. The van der Waals surface area contributed by atoms with E-state index in [9.17, 15) is 8.42 Å². The Balaban J connectivity index is 1.42. The van der Waals surface area contributed by atoms with Gasteiger partial charge in [-0.05, 0) is 31.2 Å². The van der Waals surface area contributed by atoms with Crippen molar-refractivity contribution in [1.29, 1.82) is 0 Å². The van der Waals surface area contributed by atoms with Crippen LogP contribution in [0.3, 0.4) is 0 Å². The predicted molar refractivity (Wildman–Crippen MR) is 128 cm³/mol. The van der Waals surface area contributed by atoms with E-state index in [1.54, 1.807) is 37.0 Å². The number of rotatable bonds is 6. The molecule has 0 aliphatic carbocycles. The second-order valence-electron chi connectivity index (χ2n) is 7.58. The van der Waals surface area contributed by atoms with Gasteiger partial charge in [0.15, 0.2) is 5.03 Å². The summed E-state index contributed by atoms with van der Waals surface area (Å²) >= 11 is 1.73. The summed E-state index contributed by atoms with van der Waals surface area (Å²) in [4.78, 5) is 16.4. The van der Waals surface area contributed by atoms with E-state index in [-0.39, 0.29) is 5.03 Å². The van der Waals surface area contributed by atoms with Gasteiger partial charge < -0.3 is 9.55 Å². The lowest BCUT2D eigenvalue weighted by molar-refractivity contribution is 0.590. The van der Waals surface area contributed by atoms with Gasteiger partial charge in [-0.2, -0.15) is 8.42 Å². The maximum absolute atomic E-state index is 13.1. The normalized spacial score (nSPS) is 16.4. The van der Waals surface area contributed by atoms with Crippen LogP contribution in [-0.2, 0) is 16.6 Å². The van der Waals surface area contributed by atoms with Gasteiger partial charge in [0.1, 0.15) is 10.9 Å². The third kappa shape index (κ3) is 3.69. The molecule has 0 bridgehead atoms. The van der Waals surface area contributed by atoms with Crippen molar-refractivity contribution in [3.63, 3.8) is 0 Å². The van der Waals surface area contributed by atoms with Crippen molar-refractivity contribution in [2.24, 2.45) is 4.99 Å². The molecule has 1 aliphatic rings. The molecule has 4 heterocycles. The molecule has 4 aromatic rings. The van der Waals surface area contributed by atoms with Crippen LogP contribution in [0, 0.1) is 6.92 Å². The van der Waals surface area contributed by atoms with Crippen molar-refractivity contribution < 1.29 is 8.42 Å². The molecule has 0 radical (unpaired) electrons. The van der Waals surface area contributed by atoms with Gasteiger partial charge >= 0.3 is 0 Å². The van der Waals surface area contributed by atoms with E-state index in [0.29, 0.717) is 10.9 Å². The maximum atomic E-state index is 13.1. The number of aliphatic imine (C=N–C) groups is 1. The number of fused-ring (bicyclic) bond motifs is 1. The second-order valence-corrected chi connectivity index (χ2v) is 10.8. The zero-order valence-corrected chi connectivity index (χ0v) is 19.3. The number of aromatic amines is 1. The van der Waals surface area contributed by atoms with E-state index in [2.05, 4.69) is 19.5 Å². The first-order chi connectivity index (χ1) is 15.4. The average Bonchev–Trinajstić information content (AvgIpc) is 3.54. The fourth-order valence-electron chi connectivity index (χ4n) is 3.76. The SMILES string of the molecule is Cc1nccn1CC1CN=C(c2cc3cccc(N(C)S(=O)(=O)c4ccccn4)c3[nH]2)S1. The summed E-state index contributed by atoms with van der Waals surface area (Å²) in [6, 6.07) is 12.5. The highest BCUT2D eigenvalue weighted by atomic mass is 32.2. The third-order valence-electron chi connectivity index (χ3n) is 5.51. The molecule has 3 aromatic heterocycles. The topological polar surface area (TPSA) is 96.2 Å². The number of hydrogen-bond acceptors (Lipinski definition) is 6. The Labute approximate surface area is 190 Å². The molecule has 0 fully saturated rings. The third-order valence-corrected chi connectivity index (χ3v) is 8.40. The summed E-state index contributed by atoms with van der Waals surface area (Å²) in [6.07, 6.45) is 5.28. The number of pyridine rings is 1. The molecule has 10 heteroatoms. The van der Waals surface area contributed by atoms with Crippen molar-refractivity contribution in [2.45, 2.75) is 23.7 Å². The maximum Gasteiger partial charge on any atom is 0.281 e. The van der Waals surface area contributed by atoms with E-state index in [1.165, 1.54) is 16.6 Å². The van der Waals surface area contributed by atoms with Crippen LogP contribution in [0.15, 0.2) is 71.1 Å². The van der Waals surface area contributed by atoms with Crippen LogP contribution in [0.25, 0.3) is 10.9 Å². The van der Waals surface area contributed by atoms with E-state index in [4.69, 9.17) is 4.99 Å². The number of sulfonamides is 1. The van der Waals surface area contributed by atoms with E-state index in [1.807, 2.05) is 37.5 Å². The first-order valence-electron chi connectivity index (χ1n) is 10.1. The lowest BCUT2D eigenvalue weighted by atomic mass is 10.2. The van der Waals surface area contributed by atoms with E-state index < -0.39 is 10.0 Å². The Hall–Kier alpha value is -3.11. The van der Waals surface area contributed by atoms with Crippen LogP contribution in [0.1, 0.15) is 11.5 Å². The molecule has 1 atom stereocenters. The molecule has 1 N–H and O–H groups in total. The fraction of sp³-hybridized carbons (Fsp3) is 0.227. The molecule has 1 unspecified atom stereocenters. The molecule has 8 nitrogen and oxygen atoms in total. The number of thioether (sulfide) groups is 1. The van der Waals surface area contributed by atoms with E-state index in [0.717, 1.165) is 40.6 Å². The van der Waals surface area contributed by atoms with E-state index >= 15 is 0 Å². The highest BCUT2D eigenvalue weighted by molar-refractivity contribution is 8.15. The van der Waals surface area contributed by atoms with Gasteiger partial charge in [-0.1, -0.05) is 30.0 Å². The number of aryl methyl sites for hydroxylation is 1. The molecular formula is C22H22N6O2S2. The molecule has 5 rings (SSSR count). The van der Waals surface area contributed by atoms with Crippen LogP contribution in [0.5, 0.6) is 0 Å². The summed E-state index contributed by atoms with van der Waals surface area (Å²) in [5.41, 5.74) is 2.21. The number of nitrogens with zero attached hydrogens (tertiary/aromatic N) is 5. The van der Waals surface area contributed by atoms with Gasteiger partial charge in [-0.15, -0.1) is 0 Å². The Kier molecular flexibility index (Phi) is 5.26. The summed E-state index contributed by atoms with van der Waals surface area (Å²) in [5.74, 6) is 0.992. The molecule has 164 valence electrons. The Morgan fingerprint density at radius 3 is 2.81 bits per heavy atom. The molecule has 0 saturated heterocycles. The van der Waals surface area contributed by atoms with Gasteiger partial charge in [0.25, 0.3) is 10.0 Å². The highest BCUT2D eigenvalue weighted by Crippen LogP contribution is 2.33. The minimum atomic E-state index is -3.78. The number of aromatic nitrogens is 4. The molecular weight excluding hydrogens is 444 g/mol. The number of imidazole rings is 1. The predicted octanol–water partition coefficient (Wildman–Crippen LogP) is 3.46. The smallest absolute Gasteiger partial charge is 0.281 e. The second kappa shape index (κ2) is 8.10. The highest BCUT2D eigenvalue weighted by Gasteiger charge is 2.26. The Bertz CT molecular complexity index is 1410. The van der Waals surface area contributed by atoms with Gasteiger partial charge in [-0.3, -0.25) is 9.30 Å². The standard InChI is InChI=1S/C22H22N6O2S2/c1-15-23-10-11-28(15)14-17-13-25-22(31-17)18-12-16-6-5-7-19(21(16)26-18)27(2)32(29,30)20-8-3-4-9-24-20/h3-12,17,26H,13-14H2,1-2H3. The number of H-pyrrole nitrogens is 1. The van der Waals surface area contributed by atoms with Crippen LogP contribution >= 0.6 is 11.8 Å². The zero-order valence-electron chi connectivity index (χ0n) is 17.6. The average molecular weight is 467 g/mol. The number of para-hydroxylation sites is 1. The molecule has 0 saturated carbocycles. The van der Waals surface area contributed by atoms with Crippen molar-refractivity contribution >= 4 is 43.4 Å². The lowest BCUT2D eigenvalue weighted by Gasteiger charge is -2.19.